The summed E-state index contributed by atoms with van der Waals surface area (Å²) in [5.41, 5.74) is 13.4. The summed E-state index contributed by atoms with van der Waals surface area (Å²) < 4.78 is 4.93. The molecule has 34 heavy (non-hydrogen) atoms. The second-order valence-corrected chi connectivity index (χ2v) is 9.39. The first-order valence-corrected chi connectivity index (χ1v) is 11.9. The van der Waals surface area contributed by atoms with Crippen LogP contribution in [0.3, 0.4) is 0 Å². The Labute approximate surface area is 198 Å². The number of nitrogens with zero attached hydrogens (tertiary/aromatic N) is 2. The largest absolute Gasteiger partial charge is 0.226 e. The van der Waals surface area contributed by atoms with E-state index in [-0.39, 0.29) is 0 Å². The van der Waals surface area contributed by atoms with Gasteiger partial charge < -0.3 is 0 Å². The molecule has 2 heteroatoms. The van der Waals surface area contributed by atoms with Gasteiger partial charge in [-0.2, -0.15) is 9.13 Å². The second kappa shape index (κ2) is 6.61. The smallest absolute Gasteiger partial charge is 0.190 e. The number of allylic oxidation sites excluding steroid dienone is 1. The molecule has 2 aliphatic heterocycles. The van der Waals surface area contributed by atoms with Crippen molar-refractivity contribution < 1.29 is 9.13 Å². The van der Waals surface area contributed by atoms with Crippen molar-refractivity contribution in [3.63, 3.8) is 0 Å². The summed E-state index contributed by atoms with van der Waals surface area (Å²) in [5.74, 6) is 0.415. The predicted octanol–water partition coefficient (Wildman–Crippen LogP) is 6.19. The van der Waals surface area contributed by atoms with Gasteiger partial charge in [0, 0.05) is 23.8 Å². The van der Waals surface area contributed by atoms with E-state index in [0.717, 1.165) is 0 Å². The first-order valence-electron chi connectivity index (χ1n) is 11.9. The van der Waals surface area contributed by atoms with Crippen LogP contribution in [-0.4, -0.2) is 0 Å². The van der Waals surface area contributed by atoms with E-state index in [1.807, 2.05) is 0 Å². The zero-order valence-corrected chi connectivity index (χ0v) is 18.6. The zero-order valence-electron chi connectivity index (χ0n) is 18.6. The van der Waals surface area contributed by atoms with Gasteiger partial charge in [0.25, 0.3) is 0 Å². The van der Waals surface area contributed by atoms with Crippen LogP contribution in [0, 0.1) is 0 Å². The minimum atomic E-state index is 0.369. The molecule has 0 N–H and O–H groups in total. The fourth-order valence-electron chi connectivity index (χ4n) is 6.16. The fraction of sp³-hybridized carbons (Fsp3) is 0.0625. The molecule has 0 radical (unpaired) electrons. The first-order chi connectivity index (χ1) is 16.9. The Morgan fingerprint density at radius 2 is 1.26 bits per heavy atom. The van der Waals surface area contributed by atoms with Crippen molar-refractivity contribution in [1.82, 2.24) is 0 Å². The highest BCUT2D eigenvalue weighted by Gasteiger charge is 2.63. The summed E-state index contributed by atoms with van der Waals surface area (Å²) in [6, 6.07) is 40.0. The molecule has 5 aromatic rings. The molecule has 2 atom stereocenters. The van der Waals surface area contributed by atoms with Gasteiger partial charge in [-0.05, 0) is 41.5 Å². The summed E-state index contributed by atoms with van der Waals surface area (Å²) in [6.07, 6.45) is 4.59. The maximum Gasteiger partial charge on any atom is 0.226 e. The third-order valence-electron chi connectivity index (χ3n) is 7.65. The molecule has 3 aliphatic rings. The average molecular weight is 435 g/mol. The number of hydrogen-bond donors (Lipinski definition) is 0. The van der Waals surface area contributed by atoms with Crippen LogP contribution in [0.15, 0.2) is 127 Å². The molecular formula is C32H22N2+2. The molecule has 158 valence electrons. The number of fused-ring (bicyclic) bond motifs is 9. The molecule has 1 saturated carbocycles. The van der Waals surface area contributed by atoms with Gasteiger partial charge in [-0.15, -0.1) is 0 Å². The number of rotatable bonds is 1. The van der Waals surface area contributed by atoms with Crippen LogP contribution in [0.2, 0.25) is 0 Å². The van der Waals surface area contributed by atoms with Crippen LogP contribution in [0.5, 0.6) is 0 Å². The van der Waals surface area contributed by atoms with Gasteiger partial charge in [0.2, 0.25) is 17.1 Å². The van der Waals surface area contributed by atoms with Gasteiger partial charge in [0.1, 0.15) is 0 Å². The summed E-state index contributed by atoms with van der Waals surface area (Å²) >= 11 is 0. The van der Waals surface area contributed by atoms with E-state index in [1.165, 1.54) is 56.0 Å². The number of benzene rings is 3. The molecule has 0 bridgehead atoms. The van der Waals surface area contributed by atoms with Gasteiger partial charge in [-0.1, -0.05) is 60.7 Å². The maximum absolute atomic E-state index is 2.48. The summed E-state index contributed by atoms with van der Waals surface area (Å²) in [6.45, 7) is 0. The molecule has 8 rings (SSSR count). The van der Waals surface area contributed by atoms with E-state index in [1.54, 1.807) is 0 Å². The van der Waals surface area contributed by atoms with Gasteiger partial charge in [-0.3, -0.25) is 0 Å². The molecule has 2 unspecified atom stereocenters. The van der Waals surface area contributed by atoms with Crippen LogP contribution >= 0.6 is 0 Å². The van der Waals surface area contributed by atoms with Gasteiger partial charge in [-0.25, -0.2) is 0 Å². The Kier molecular flexibility index (Phi) is 3.53. The summed E-state index contributed by atoms with van der Waals surface area (Å²) in [7, 11) is 0. The van der Waals surface area contributed by atoms with Gasteiger partial charge >= 0.3 is 0 Å². The van der Waals surface area contributed by atoms with Crippen molar-refractivity contribution in [3.8, 4) is 33.6 Å². The monoisotopic (exact) mass is 434 g/mol. The second-order valence-electron chi connectivity index (χ2n) is 9.39. The predicted molar refractivity (Wildman–Crippen MR) is 134 cm³/mol. The Bertz CT molecular complexity index is 1610. The Morgan fingerprint density at radius 1 is 0.529 bits per heavy atom. The molecule has 2 aromatic heterocycles. The van der Waals surface area contributed by atoms with E-state index in [0.29, 0.717) is 12.0 Å². The van der Waals surface area contributed by atoms with Crippen LogP contribution in [-0.2, 0) is 0 Å². The summed E-state index contributed by atoms with van der Waals surface area (Å²) in [4.78, 5) is 0. The van der Waals surface area contributed by atoms with Crippen molar-refractivity contribution in [2.75, 3.05) is 0 Å². The maximum atomic E-state index is 2.48. The number of hydrogen-bond acceptors (Lipinski definition) is 0. The topological polar surface area (TPSA) is 7.76 Å². The summed E-state index contributed by atoms with van der Waals surface area (Å²) in [5, 5.41) is 0. The van der Waals surface area contributed by atoms with E-state index in [2.05, 4.69) is 131 Å². The Hall–Kier alpha value is -4.30. The highest BCUT2D eigenvalue weighted by Crippen LogP contribution is 2.62. The lowest BCUT2D eigenvalue weighted by molar-refractivity contribution is -0.689. The SMILES string of the molecule is c1ccc(-c2ccc3[n+](c2)/C(=C2/C4c5ccccc5-c5cccc[n+]5C24)c2ccccc2-3)cc1. The molecule has 0 saturated heterocycles. The highest BCUT2D eigenvalue weighted by atomic mass is 15.1. The zero-order chi connectivity index (χ0) is 22.2. The third-order valence-corrected chi connectivity index (χ3v) is 7.65. The van der Waals surface area contributed by atoms with E-state index < -0.39 is 0 Å². The molecule has 0 amide bonds. The van der Waals surface area contributed by atoms with Crippen molar-refractivity contribution in [2.45, 2.75) is 12.0 Å². The molecule has 2 nitrogen and oxygen atoms in total. The molecule has 4 heterocycles. The lowest BCUT2D eigenvalue weighted by atomic mass is 9.96. The third kappa shape index (κ3) is 2.35. The van der Waals surface area contributed by atoms with Gasteiger partial charge in [0.15, 0.2) is 18.4 Å². The van der Waals surface area contributed by atoms with Crippen molar-refractivity contribution in [2.24, 2.45) is 0 Å². The standard InChI is InChI=1S/C32H22N2/c1-2-10-21(11-3-1)22-17-18-28-24-13-5-7-15-26(24)31(34(28)20-22)30-29-25-14-6-4-12-23(25)27-16-8-9-19-33(27)32(29)30/h1-20,29,32H/q+2/b31-30-. The molecule has 1 aliphatic carbocycles. The quantitative estimate of drug-likeness (QED) is 0.273. The molecule has 0 spiro atoms. The van der Waals surface area contributed by atoms with Crippen LogP contribution in [0.25, 0.3) is 39.3 Å². The van der Waals surface area contributed by atoms with E-state index >= 15 is 0 Å². The average Bonchev–Trinajstić information content (AvgIpc) is 3.57. The van der Waals surface area contributed by atoms with Crippen molar-refractivity contribution >= 4 is 5.70 Å². The minimum Gasteiger partial charge on any atom is -0.190 e. The highest BCUT2D eigenvalue weighted by molar-refractivity contribution is 5.86. The molecular weight excluding hydrogens is 412 g/mol. The lowest BCUT2D eigenvalue weighted by Gasteiger charge is -2.12. The van der Waals surface area contributed by atoms with Crippen molar-refractivity contribution in [1.29, 1.82) is 0 Å². The van der Waals surface area contributed by atoms with Crippen LogP contribution in [0.4, 0.5) is 0 Å². The van der Waals surface area contributed by atoms with Crippen LogP contribution in [0.1, 0.15) is 23.1 Å². The molecule has 3 aromatic carbocycles. The number of pyridine rings is 2. The van der Waals surface area contributed by atoms with Crippen molar-refractivity contribution in [3.05, 3.63) is 138 Å². The normalized spacial score (nSPS) is 20.6. The molecule has 1 fully saturated rings. The van der Waals surface area contributed by atoms with E-state index in [9.17, 15) is 0 Å². The van der Waals surface area contributed by atoms with Gasteiger partial charge in [0.05, 0.1) is 28.2 Å². The first kappa shape index (κ1) is 18.2. The van der Waals surface area contributed by atoms with E-state index in [4.69, 9.17) is 0 Å². The minimum absolute atomic E-state index is 0.369. The fourth-order valence-corrected chi connectivity index (χ4v) is 6.16. The Morgan fingerprint density at radius 3 is 2.15 bits per heavy atom. The lowest BCUT2D eigenvalue weighted by Crippen LogP contribution is -2.38. The van der Waals surface area contributed by atoms with Crippen LogP contribution < -0.4 is 9.13 Å². The Balaban J connectivity index is 1.42. The number of aromatic nitrogens is 2.